The normalized spacial score (nSPS) is 11.5. The summed E-state index contributed by atoms with van der Waals surface area (Å²) in [5, 5.41) is 10.3. The van der Waals surface area contributed by atoms with E-state index in [1.165, 1.54) is 5.56 Å². The van der Waals surface area contributed by atoms with Crippen molar-refractivity contribution in [3.05, 3.63) is 51.8 Å². The van der Waals surface area contributed by atoms with E-state index >= 15 is 0 Å². The van der Waals surface area contributed by atoms with Crippen LogP contribution in [-0.4, -0.2) is 35.2 Å². The molecule has 0 fully saturated rings. The van der Waals surface area contributed by atoms with Crippen molar-refractivity contribution in [2.75, 3.05) is 14.1 Å². The highest BCUT2D eigenvalue weighted by Crippen LogP contribution is 2.12. The Morgan fingerprint density at radius 3 is 2.67 bits per heavy atom. The number of aliphatic imine (C=N–C) groups is 1. The zero-order valence-corrected chi connectivity index (χ0v) is 14.1. The molecule has 0 aliphatic carbocycles. The molecule has 0 saturated heterocycles. The maximum atomic E-state index is 4.32. The summed E-state index contributed by atoms with van der Waals surface area (Å²) >= 11 is 3.45. The van der Waals surface area contributed by atoms with Crippen LogP contribution < -0.4 is 5.32 Å². The third kappa shape index (κ3) is 4.32. The number of H-pyrrole nitrogens is 1. The Morgan fingerprint density at radius 2 is 2.10 bits per heavy atom. The summed E-state index contributed by atoms with van der Waals surface area (Å²) in [4.78, 5) is 6.42. The standard InChI is InChI=1S/C15H20BrN5/c1-11-13(9-19-20-11)8-18-15(17-2)21(3)10-12-4-6-14(16)7-5-12/h4-7,9H,8,10H2,1-3H3,(H,17,18)(H,19,20). The van der Waals surface area contributed by atoms with Gasteiger partial charge in [0.15, 0.2) is 5.96 Å². The number of aryl methyl sites for hydroxylation is 1. The van der Waals surface area contributed by atoms with Gasteiger partial charge in [-0.3, -0.25) is 10.1 Å². The largest absolute Gasteiger partial charge is 0.352 e. The van der Waals surface area contributed by atoms with Gasteiger partial charge in [-0.15, -0.1) is 0 Å². The van der Waals surface area contributed by atoms with Crippen molar-refractivity contribution in [3.63, 3.8) is 0 Å². The lowest BCUT2D eigenvalue weighted by Crippen LogP contribution is -2.38. The SMILES string of the molecule is CN=C(NCc1cn[nH]c1C)N(C)Cc1ccc(Br)cc1. The lowest BCUT2D eigenvalue weighted by Gasteiger charge is -2.22. The van der Waals surface area contributed by atoms with Gasteiger partial charge in [0.05, 0.1) is 6.20 Å². The van der Waals surface area contributed by atoms with Gasteiger partial charge in [0, 0.05) is 42.9 Å². The summed E-state index contributed by atoms with van der Waals surface area (Å²) in [6.07, 6.45) is 1.84. The molecule has 0 amide bonds. The Bertz CT molecular complexity index is 603. The first kappa shape index (κ1) is 15.6. The van der Waals surface area contributed by atoms with Gasteiger partial charge in [-0.25, -0.2) is 0 Å². The lowest BCUT2D eigenvalue weighted by atomic mass is 10.2. The summed E-state index contributed by atoms with van der Waals surface area (Å²) in [5.41, 5.74) is 3.46. The maximum Gasteiger partial charge on any atom is 0.193 e. The van der Waals surface area contributed by atoms with Crippen LogP contribution in [0.15, 0.2) is 39.9 Å². The predicted octanol–water partition coefficient (Wildman–Crippen LogP) is 2.69. The van der Waals surface area contributed by atoms with E-state index in [1.54, 1.807) is 7.05 Å². The molecule has 112 valence electrons. The Kier molecular flexibility index (Phi) is 5.38. The second-order valence-corrected chi connectivity index (χ2v) is 5.82. The molecular weight excluding hydrogens is 330 g/mol. The van der Waals surface area contributed by atoms with E-state index < -0.39 is 0 Å². The molecule has 0 unspecified atom stereocenters. The molecule has 0 spiro atoms. The monoisotopic (exact) mass is 349 g/mol. The van der Waals surface area contributed by atoms with Crippen LogP contribution in [0.1, 0.15) is 16.8 Å². The van der Waals surface area contributed by atoms with E-state index in [-0.39, 0.29) is 0 Å². The van der Waals surface area contributed by atoms with E-state index in [4.69, 9.17) is 0 Å². The van der Waals surface area contributed by atoms with Crippen molar-refractivity contribution in [2.45, 2.75) is 20.0 Å². The van der Waals surface area contributed by atoms with Gasteiger partial charge in [0.1, 0.15) is 0 Å². The van der Waals surface area contributed by atoms with Crippen molar-refractivity contribution in [2.24, 2.45) is 4.99 Å². The highest BCUT2D eigenvalue weighted by atomic mass is 79.9. The highest BCUT2D eigenvalue weighted by molar-refractivity contribution is 9.10. The Morgan fingerprint density at radius 1 is 1.38 bits per heavy atom. The first-order valence-corrected chi connectivity index (χ1v) is 7.54. The number of aromatic amines is 1. The van der Waals surface area contributed by atoms with Gasteiger partial charge in [0.25, 0.3) is 0 Å². The fraction of sp³-hybridized carbons (Fsp3) is 0.333. The molecule has 2 N–H and O–H groups in total. The van der Waals surface area contributed by atoms with Crippen molar-refractivity contribution < 1.29 is 0 Å². The van der Waals surface area contributed by atoms with Gasteiger partial charge in [-0.05, 0) is 24.6 Å². The van der Waals surface area contributed by atoms with Crippen molar-refractivity contribution in [1.29, 1.82) is 0 Å². The van der Waals surface area contributed by atoms with Gasteiger partial charge >= 0.3 is 0 Å². The summed E-state index contributed by atoms with van der Waals surface area (Å²) in [6.45, 7) is 3.52. The molecule has 2 aromatic rings. The summed E-state index contributed by atoms with van der Waals surface area (Å²) in [6, 6.07) is 8.31. The number of hydrogen-bond donors (Lipinski definition) is 2. The molecule has 5 nitrogen and oxygen atoms in total. The van der Waals surface area contributed by atoms with Gasteiger partial charge in [-0.1, -0.05) is 28.1 Å². The molecule has 0 saturated carbocycles. The zero-order chi connectivity index (χ0) is 15.2. The first-order valence-electron chi connectivity index (χ1n) is 6.75. The van der Waals surface area contributed by atoms with Crippen molar-refractivity contribution >= 4 is 21.9 Å². The van der Waals surface area contributed by atoms with E-state index in [9.17, 15) is 0 Å². The molecule has 0 aliphatic rings. The second-order valence-electron chi connectivity index (χ2n) is 4.90. The van der Waals surface area contributed by atoms with Crippen LogP contribution >= 0.6 is 15.9 Å². The van der Waals surface area contributed by atoms with E-state index in [1.807, 2.05) is 32.3 Å². The van der Waals surface area contributed by atoms with Crippen molar-refractivity contribution in [1.82, 2.24) is 20.4 Å². The summed E-state index contributed by atoms with van der Waals surface area (Å²) < 4.78 is 1.09. The fourth-order valence-corrected chi connectivity index (χ4v) is 2.32. The second kappa shape index (κ2) is 7.26. The van der Waals surface area contributed by atoms with E-state index in [0.717, 1.165) is 28.2 Å². The van der Waals surface area contributed by atoms with Crippen LogP contribution in [0.25, 0.3) is 0 Å². The molecule has 1 heterocycles. The number of rotatable bonds is 4. The Labute approximate surface area is 133 Å². The van der Waals surface area contributed by atoms with Gasteiger partial charge < -0.3 is 10.2 Å². The Hall–Kier alpha value is -1.82. The number of halogens is 1. The van der Waals surface area contributed by atoms with E-state index in [0.29, 0.717) is 6.54 Å². The van der Waals surface area contributed by atoms with Crippen LogP contribution in [0.4, 0.5) is 0 Å². The number of nitrogens with one attached hydrogen (secondary N) is 2. The molecule has 1 aromatic heterocycles. The lowest BCUT2D eigenvalue weighted by molar-refractivity contribution is 0.476. The third-order valence-electron chi connectivity index (χ3n) is 3.28. The molecule has 0 bridgehead atoms. The summed E-state index contributed by atoms with van der Waals surface area (Å²) in [5.74, 6) is 0.860. The van der Waals surface area contributed by atoms with Crippen LogP contribution in [-0.2, 0) is 13.1 Å². The maximum absolute atomic E-state index is 4.32. The highest BCUT2D eigenvalue weighted by Gasteiger charge is 2.08. The minimum atomic E-state index is 0.708. The molecule has 2 rings (SSSR count). The molecule has 0 atom stereocenters. The number of benzene rings is 1. The smallest absolute Gasteiger partial charge is 0.193 e. The van der Waals surface area contributed by atoms with Gasteiger partial charge in [-0.2, -0.15) is 5.10 Å². The molecular formula is C15H20BrN5. The van der Waals surface area contributed by atoms with Crippen molar-refractivity contribution in [3.8, 4) is 0 Å². The molecule has 1 aromatic carbocycles. The molecule has 0 radical (unpaired) electrons. The predicted molar refractivity (Wildman–Crippen MR) is 89.1 cm³/mol. The minimum Gasteiger partial charge on any atom is -0.352 e. The average molecular weight is 350 g/mol. The average Bonchev–Trinajstić information content (AvgIpc) is 2.88. The number of guanidine groups is 1. The molecule has 6 heteroatoms. The van der Waals surface area contributed by atoms with E-state index in [2.05, 4.69) is 53.5 Å². The van der Waals surface area contributed by atoms with Crippen LogP contribution in [0.3, 0.4) is 0 Å². The van der Waals surface area contributed by atoms with Crippen LogP contribution in [0.2, 0.25) is 0 Å². The summed E-state index contributed by atoms with van der Waals surface area (Å²) in [7, 11) is 3.82. The van der Waals surface area contributed by atoms with Crippen LogP contribution in [0.5, 0.6) is 0 Å². The van der Waals surface area contributed by atoms with Crippen LogP contribution in [0, 0.1) is 6.92 Å². The minimum absolute atomic E-state index is 0.708. The molecule has 0 aliphatic heterocycles. The fourth-order valence-electron chi connectivity index (χ4n) is 2.05. The topological polar surface area (TPSA) is 56.3 Å². The first-order chi connectivity index (χ1) is 10.1. The van der Waals surface area contributed by atoms with Gasteiger partial charge in [0.2, 0.25) is 0 Å². The molecule has 21 heavy (non-hydrogen) atoms. The number of nitrogens with zero attached hydrogens (tertiary/aromatic N) is 3. The third-order valence-corrected chi connectivity index (χ3v) is 3.81. The quantitative estimate of drug-likeness (QED) is 0.659. The Balaban J connectivity index is 1.94. The number of hydrogen-bond acceptors (Lipinski definition) is 2. The zero-order valence-electron chi connectivity index (χ0n) is 12.5. The number of aromatic nitrogens is 2.